The van der Waals surface area contributed by atoms with Crippen LogP contribution < -0.4 is 4.74 Å². The third kappa shape index (κ3) is 2.16. The number of hydrogen-bond donors (Lipinski definition) is 0. The minimum absolute atomic E-state index is 0. The number of oxazole rings is 1. The third-order valence-electron chi connectivity index (χ3n) is 2.57. The molecule has 1 heterocycles. The van der Waals surface area contributed by atoms with Gasteiger partial charge in [0.05, 0.1) is 11.3 Å². The molecule has 0 amide bonds. The minimum Gasteiger partial charge on any atom is -0.665 e. The zero-order valence-electron chi connectivity index (χ0n) is 9.80. The van der Waals surface area contributed by atoms with Gasteiger partial charge in [-0.1, -0.05) is 24.3 Å². The third-order valence-corrected chi connectivity index (χ3v) is 2.57. The average Bonchev–Trinajstić information content (AvgIpc) is 2.82. The predicted molar refractivity (Wildman–Crippen MR) is 65.4 cm³/mol. The van der Waals surface area contributed by atoms with Crippen molar-refractivity contribution in [1.29, 1.82) is 0 Å². The van der Waals surface area contributed by atoms with Gasteiger partial charge in [-0.05, 0) is 24.3 Å². The fourth-order valence-corrected chi connectivity index (χ4v) is 1.76. The normalized spacial score (nSPS) is 10.1. The summed E-state index contributed by atoms with van der Waals surface area (Å²) in [5, 5.41) is 0. The first-order valence-electron chi connectivity index (χ1n) is 5.25. The van der Waals surface area contributed by atoms with Crippen LogP contribution in [-0.2, 0) is 19.5 Å². The zero-order valence-corrected chi connectivity index (χ0v) is 12.8. The van der Waals surface area contributed by atoms with E-state index in [0.717, 1.165) is 16.7 Å². The van der Waals surface area contributed by atoms with E-state index in [2.05, 4.69) is 12.1 Å². The summed E-state index contributed by atoms with van der Waals surface area (Å²) >= 11 is 0. The van der Waals surface area contributed by atoms with E-state index in [1.165, 1.54) is 0 Å². The van der Waals surface area contributed by atoms with Crippen molar-refractivity contribution in [3.05, 3.63) is 55.6 Å². The molecule has 3 nitrogen and oxygen atoms in total. The van der Waals surface area contributed by atoms with Gasteiger partial charge >= 0.3 is 0 Å². The Balaban J connectivity index is 0.00000120. The van der Waals surface area contributed by atoms with E-state index < -0.39 is 0 Å². The van der Waals surface area contributed by atoms with Crippen LogP contribution in [0.2, 0.25) is 0 Å². The first kappa shape index (κ1) is 12.8. The van der Waals surface area contributed by atoms with Gasteiger partial charge in [-0.15, -0.1) is 0 Å². The number of hydrogen-bond acceptors (Lipinski definition) is 3. The van der Waals surface area contributed by atoms with Crippen LogP contribution in [-0.4, -0.2) is 4.98 Å². The molecule has 3 aromatic rings. The van der Waals surface area contributed by atoms with Crippen molar-refractivity contribution in [2.24, 2.45) is 0 Å². The van der Waals surface area contributed by atoms with E-state index >= 15 is 0 Å². The minimum atomic E-state index is 0. The van der Waals surface area contributed by atoms with Gasteiger partial charge in [-0.25, -0.2) is 4.98 Å². The van der Waals surface area contributed by atoms with Gasteiger partial charge in [0, 0.05) is 19.5 Å². The molecular formula is C14H10NO2Zn-. The van der Waals surface area contributed by atoms with Gasteiger partial charge in [0.1, 0.15) is 5.52 Å². The fraction of sp³-hybridized carbons (Fsp3) is 0. The molecule has 0 atom stereocenters. The summed E-state index contributed by atoms with van der Waals surface area (Å²) in [6, 6.07) is 15.2. The molecule has 0 saturated heterocycles. The summed E-state index contributed by atoms with van der Waals surface area (Å²) in [4.78, 5) is 4.42. The molecule has 86 valence electrons. The summed E-state index contributed by atoms with van der Waals surface area (Å²) in [6.45, 7) is 0. The molecule has 0 radical (unpaired) electrons. The zero-order chi connectivity index (χ0) is 11.7. The molecule has 0 N–H and O–H groups in total. The number of aromatic nitrogens is 1. The van der Waals surface area contributed by atoms with Crippen LogP contribution in [0.3, 0.4) is 0 Å². The van der Waals surface area contributed by atoms with E-state index in [9.17, 15) is 0 Å². The second kappa shape index (κ2) is 5.32. The van der Waals surface area contributed by atoms with Crippen LogP contribution in [0, 0.1) is 7.11 Å². The Morgan fingerprint density at radius 1 is 1.00 bits per heavy atom. The summed E-state index contributed by atoms with van der Waals surface area (Å²) in [7, 11) is 3.43. The molecule has 0 bridgehead atoms. The van der Waals surface area contributed by atoms with Crippen LogP contribution in [0.1, 0.15) is 0 Å². The van der Waals surface area contributed by atoms with E-state index in [1.807, 2.05) is 48.5 Å². The van der Waals surface area contributed by atoms with Gasteiger partial charge in [0.25, 0.3) is 0 Å². The molecule has 2 aromatic carbocycles. The molecule has 0 aliphatic carbocycles. The number of fused-ring (bicyclic) bond motifs is 1. The Hall–Kier alpha value is -1.67. The van der Waals surface area contributed by atoms with E-state index in [-0.39, 0.29) is 19.5 Å². The fourth-order valence-electron chi connectivity index (χ4n) is 1.76. The molecular weight excluding hydrogens is 280 g/mol. The van der Waals surface area contributed by atoms with Crippen molar-refractivity contribution in [2.45, 2.75) is 0 Å². The average molecular weight is 290 g/mol. The Kier molecular flexibility index (Phi) is 3.78. The van der Waals surface area contributed by atoms with Crippen LogP contribution in [0.15, 0.2) is 52.9 Å². The maximum Gasteiger partial charge on any atom is 0.230 e. The van der Waals surface area contributed by atoms with Gasteiger partial charge in [-0.3, -0.25) is 0 Å². The number of rotatable bonds is 2. The van der Waals surface area contributed by atoms with Crippen molar-refractivity contribution in [3.8, 4) is 17.2 Å². The SMILES string of the molecule is [CH2-]Oc1ccccc1-c1nc2ccccc2o1.[Zn]. The van der Waals surface area contributed by atoms with Gasteiger partial charge < -0.3 is 9.15 Å². The van der Waals surface area contributed by atoms with E-state index in [4.69, 9.17) is 9.15 Å². The quantitative estimate of drug-likeness (QED) is 0.533. The molecule has 18 heavy (non-hydrogen) atoms. The summed E-state index contributed by atoms with van der Waals surface area (Å²) in [5.41, 5.74) is 2.40. The number of benzene rings is 2. The number of nitrogens with zero attached hydrogens (tertiary/aromatic N) is 1. The molecule has 0 aliphatic rings. The Bertz CT molecular complexity index is 630. The number of ether oxygens (including phenoxy) is 1. The second-order valence-corrected chi connectivity index (χ2v) is 3.63. The molecule has 1 aromatic heterocycles. The molecule has 4 heteroatoms. The molecule has 0 aliphatic heterocycles. The Labute approximate surface area is 118 Å². The van der Waals surface area contributed by atoms with Gasteiger partial charge in [0.15, 0.2) is 5.58 Å². The summed E-state index contributed by atoms with van der Waals surface area (Å²) in [5.74, 6) is 1.20. The maximum atomic E-state index is 5.68. The summed E-state index contributed by atoms with van der Waals surface area (Å²) < 4.78 is 10.7. The Morgan fingerprint density at radius 3 is 2.50 bits per heavy atom. The largest absolute Gasteiger partial charge is 0.665 e. The second-order valence-electron chi connectivity index (χ2n) is 3.63. The molecule has 0 unspecified atom stereocenters. The molecule has 0 saturated carbocycles. The van der Waals surface area contributed by atoms with Crippen LogP contribution in [0.25, 0.3) is 22.6 Å². The smallest absolute Gasteiger partial charge is 0.230 e. The van der Waals surface area contributed by atoms with Crippen molar-refractivity contribution in [3.63, 3.8) is 0 Å². The van der Waals surface area contributed by atoms with E-state index in [0.29, 0.717) is 11.6 Å². The molecule has 0 fully saturated rings. The topological polar surface area (TPSA) is 35.3 Å². The maximum absolute atomic E-state index is 5.68. The Morgan fingerprint density at radius 2 is 1.72 bits per heavy atom. The van der Waals surface area contributed by atoms with Crippen LogP contribution in [0.4, 0.5) is 0 Å². The first-order chi connectivity index (χ1) is 8.38. The first-order valence-corrected chi connectivity index (χ1v) is 5.25. The van der Waals surface area contributed by atoms with Crippen molar-refractivity contribution in [2.75, 3.05) is 0 Å². The van der Waals surface area contributed by atoms with Crippen LogP contribution >= 0.6 is 0 Å². The monoisotopic (exact) mass is 288 g/mol. The van der Waals surface area contributed by atoms with Crippen molar-refractivity contribution >= 4 is 11.1 Å². The molecule has 3 rings (SSSR count). The summed E-state index contributed by atoms with van der Waals surface area (Å²) in [6.07, 6.45) is 0. The van der Waals surface area contributed by atoms with Crippen molar-refractivity contribution in [1.82, 2.24) is 4.98 Å². The predicted octanol–water partition coefficient (Wildman–Crippen LogP) is 3.66. The standard InChI is InChI=1S/C14H10NO2.Zn/c1-16-12-8-4-2-6-10(12)14-15-11-7-3-5-9-13(11)17-14;/h2-9H,1H2;/q-1;. The number of para-hydroxylation sites is 3. The van der Waals surface area contributed by atoms with E-state index in [1.54, 1.807) is 0 Å². The van der Waals surface area contributed by atoms with Crippen molar-refractivity contribution < 1.29 is 28.6 Å². The van der Waals surface area contributed by atoms with Gasteiger partial charge in [0.2, 0.25) is 5.89 Å². The van der Waals surface area contributed by atoms with Crippen LogP contribution in [0.5, 0.6) is 5.75 Å². The molecule has 0 spiro atoms. The van der Waals surface area contributed by atoms with Gasteiger partial charge in [-0.2, -0.15) is 7.11 Å².